The van der Waals surface area contributed by atoms with Gasteiger partial charge in [0.2, 0.25) is 5.91 Å². The molecule has 19 heavy (non-hydrogen) atoms. The standard InChI is InChI=1S/C16H30N2O/c1-4-13-9-10-17-14(11-13)16(19)18(3)15-8-6-5-7-12(15)2/h12-15,17H,4-11H2,1-3H3. The van der Waals surface area contributed by atoms with Crippen molar-refractivity contribution in [3.05, 3.63) is 0 Å². The van der Waals surface area contributed by atoms with Gasteiger partial charge in [0.1, 0.15) is 0 Å². The highest BCUT2D eigenvalue weighted by molar-refractivity contribution is 5.82. The van der Waals surface area contributed by atoms with Crippen LogP contribution >= 0.6 is 0 Å². The van der Waals surface area contributed by atoms with Crippen molar-refractivity contribution in [2.45, 2.75) is 70.9 Å². The first kappa shape index (κ1) is 14.8. The second-order valence-corrected chi connectivity index (χ2v) is 6.58. The number of piperidine rings is 1. The van der Waals surface area contributed by atoms with Crippen LogP contribution in [-0.2, 0) is 4.79 Å². The van der Waals surface area contributed by atoms with Crippen LogP contribution in [0.2, 0.25) is 0 Å². The zero-order valence-electron chi connectivity index (χ0n) is 12.8. The number of carbonyl (C=O) groups is 1. The van der Waals surface area contributed by atoms with Crippen molar-refractivity contribution in [1.29, 1.82) is 0 Å². The van der Waals surface area contributed by atoms with E-state index < -0.39 is 0 Å². The molecule has 0 aromatic heterocycles. The number of carbonyl (C=O) groups excluding carboxylic acids is 1. The molecule has 2 rings (SSSR count). The summed E-state index contributed by atoms with van der Waals surface area (Å²) < 4.78 is 0. The first-order chi connectivity index (χ1) is 9.13. The third-order valence-electron chi connectivity index (χ3n) is 5.30. The van der Waals surface area contributed by atoms with E-state index in [2.05, 4.69) is 24.1 Å². The minimum atomic E-state index is 0.0674. The van der Waals surface area contributed by atoms with Crippen molar-refractivity contribution >= 4 is 5.91 Å². The SMILES string of the molecule is CCC1CCNC(C(=O)N(C)C2CCCCC2C)C1. The van der Waals surface area contributed by atoms with Crippen LogP contribution in [0, 0.1) is 11.8 Å². The summed E-state index contributed by atoms with van der Waals surface area (Å²) in [7, 11) is 2.02. The lowest BCUT2D eigenvalue weighted by Gasteiger charge is -2.39. The summed E-state index contributed by atoms with van der Waals surface area (Å²) in [5, 5.41) is 3.43. The Balaban J connectivity index is 1.94. The minimum absolute atomic E-state index is 0.0674. The van der Waals surface area contributed by atoms with E-state index in [-0.39, 0.29) is 6.04 Å². The molecule has 1 heterocycles. The number of nitrogens with zero attached hydrogens (tertiary/aromatic N) is 1. The summed E-state index contributed by atoms with van der Waals surface area (Å²) >= 11 is 0. The number of likely N-dealkylation sites (N-methyl/N-ethyl adjacent to an activating group) is 1. The predicted octanol–water partition coefficient (Wildman–Crippen LogP) is 2.80. The fourth-order valence-electron chi connectivity index (χ4n) is 3.84. The molecule has 0 radical (unpaired) electrons. The predicted molar refractivity (Wildman–Crippen MR) is 79.0 cm³/mol. The minimum Gasteiger partial charge on any atom is -0.341 e. The van der Waals surface area contributed by atoms with Crippen molar-refractivity contribution in [3.63, 3.8) is 0 Å². The lowest BCUT2D eigenvalue weighted by atomic mass is 9.84. The highest BCUT2D eigenvalue weighted by atomic mass is 16.2. The fourth-order valence-corrected chi connectivity index (χ4v) is 3.84. The van der Waals surface area contributed by atoms with Crippen LogP contribution in [0.5, 0.6) is 0 Å². The van der Waals surface area contributed by atoms with E-state index in [1.54, 1.807) is 0 Å². The summed E-state index contributed by atoms with van der Waals surface area (Å²) in [6.07, 6.45) is 8.53. The third-order valence-corrected chi connectivity index (χ3v) is 5.30. The van der Waals surface area contributed by atoms with Crippen LogP contribution in [0.15, 0.2) is 0 Å². The van der Waals surface area contributed by atoms with E-state index in [4.69, 9.17) is 0 Å². The molecule has 0 bridgehead atoms. The van der Waals surface area contributed by atoms with Crippen molar-refractivity contribution in [2.75, 3.05) is 13.6 Å². The normalized spacial score (nSPS) is 35.9. The van der Waals surface area contributed by atoms with Gasteiger partial charge in [0.05, 0.1) is 6.04 Å². The van der Waals surface area contributed by atoms with Gasteiger partial charge in [-0.3, -0.25) is 4.79 Å². The van der Waals surface area contributed by atoms with E-state index in [1.807, 2.05) is 7.05 Å². The highest BCUT2D eigenvalue weighted by Crippen LogP contribution is 2.28. The summed E-state index contributed by atoms with van der Waals surface area (Å²) in [6.45, 7) is 5.55. The molecule has 3 heteroatoms. The Morgan fingerprint density at radius 1 is 1.26 bits per heavy atom. The fraction of sp³-hybridized carbons (Fsp3) is 0.938. The van der Waals surface area contributed by atoms with Crippen LogP contribution in [0.1, 0.15) is 58.8 Å². The van der Waals surface area contributed by atoms with E-state index in [0.717, 1.165) is 18.9 Å². The Morgan fingerprint density at radius 3 is 2.68 bits per heavy atom. The maximum Gasteiger partial charge on any atom is 0.239 e. The Bertz CT molecular complexity index is 305. The molecular weight excluding hydrogens is 236 g/mol. The van der Waals surface area contributed by atoms with Crippen molar-refractivity contribution in [2.24, 2.45) is 11.8 Å². The molecule has 0 aromatic rings. The molecule has 110 valence electrons. The van der Waals surface area contributed by atoms with E-state index in [0.29, 0.717) is 17.9 Å². The molecule has 2 aliphatic rings. The van der Waals surface area contributed by atoms with Crippen LogP contribution in [-0.4, -0.2) is 36.5 Å². The zero-order valence-corrected chi connectivity index (χ0v) is 12.8. The van der Waals surface area contributed by atoms with E-state index in [1.165, 1.54) is 38.5 Å². The topological polar surface area (TPSA) is 32.3 Å². The molecule has 0 spiro atoms. The molecule has 2 fully saturated rings. The number of hydrogen-bond donors (Lipinski definition) is 1. The van der Waals surface area contributed by atoms with Crippen LogP contribution < -0.4 is 5.32 Å². The largest absolute Gasteiger partial charge is 0.341 e. The van der Waals surface area contributed by atoms with Crippen LogP contribution in [0.25, 0.3) is 0 Å². The van der Waals surface area contributed by atoms with Gasteiger partial charge in [0, 0.05) is 13.1 Å². The van der Waals surface area contributed by atoms with Crippen molar-refractivity contribution < 1.29 is 4.79 Å². The van der Waals surface area contributed by atoms with Crippen LogP contribution in [0.3, 0.4) is 0 Å². The zero-order chi connectivity index (χ0) is 13.8. The van der Waals surface area contributed by atoms with E-state index >= 15 is 0 Å². The molecule has 0 aromatic carbocycles. The number of amides is 1. The van der Waals surface area contributed by atoms with Crippen molar-refractivity contribution in [1.82, 2.24) is 10.2 Å². The molecule has 4 atom stereocenters. The van der Waals surface area contributed by atoms with Gasteiger partial charge in [-0.15, -0.1) is 0 Å². The molecule has 1 aliphatic heterocycles. The summed E-state index contributed by atoms with van der Waals surface area (Å²) in [5.41, 5.74) is 0. The summed E-state index contributed by atoms with van der Waals surface area (Å²) in [6, 6.07) is 0.530. The summed E-state index contributed by atoms with van der Waals surface area (Å²) in [4.78, 5) is 14.7. The first-order valence-corrected chi connectivity index (χ1v) is 8.13. The van der Waals surface area contributed by atoms with Crippen molar-refractivity contribution in [3.8, 4) is 0 Å². The van der Waals surface area contributed by atoms with Crippen LogP contribution in [0.4, 0.5) is 0 Å². The van der Waals surface area contributed by atoms with Gasteiger partial charge in [-0.1, -0.05) is 33.1 Å². The number of hydrogen-bond acceptors (Lipinski definition) is 2. The maximum atomic E-state index is 12.7. The van der Waals surface area contributed by atoms with Gasteiger partial charge in [-0.25, -0.2) is 0 Å². The van der Waals surface area contributed by atoms with Gasteiger partial charge in [-0.05, 0) is 44.1 Å². The molecule has 1 saturated heterocycles. The monoisotopic (exact) mass is 266 g/mol. The van der Waals surface area contributed by atoms with Gasteiger partial charge in [0.25, 0.3) is 0 Å². The Kier molecular flexibility index (Phi) is 5.26. The van der Waals surface area contributed by atoms with Gasteiger partial charge < -0.3 is 10.2 Å². The average molecular weight is 266 g/mol. The molecule has 3 nitrogen and oxygen atoms in total. The lowest BCUT2D eigenvalue weighted by Crippen LogP contribution is -2.53. The van der Waals surface area contributed by atoms with E-state index in [9.17, 15) is 4.79 Å². The second-order valence-electron chi connectivity index (χ2n) is 6.58. The van der Waals surface area contributed by atoms with Gasteiger partial charge in [0.15, 0.2) is 0 Å². The molecule has 1 N–H and O–H groups in total. The van der Waals surface area contributed by atoms with Gasteiger partial charge >= 0.3 is 0 Å². The quantitative estimate of drug-likeness (QED) is 0.852. The lowest BCUT2D eigenvalue weighted by molar-refractivity contribution is -0.136. The highest BCUT2D eigenvalue weighted by Gasteiger charge is 2.33. The molecular formula is C16H30N2O. The second kappa shape index (κ2) is 6.74. The maximum absolute atomic E-state index is 12.7. The molecule has 4 unspecified atom stereocenters. The smallest absolute Gasteiger partial charge is 0.239 e. The number of rotatable bonds is 3. The Hall–Kier alpha value is -0.570. The van der Waals surface area contributed by atoms with Gasteiger partial charge in [-0.2, -0.15) is 0 Å². The molecule has 1 aliphatic carbocycles. The Labute approximate surface area is 118 Å². The third kappa shape index (κ3) is 3.50. The molecule has 1 amide bonds. The average Bonchev–Trinajstić information content (AvgIpc) is 2.46. The number of nitrogens with one attached hydrogen (secondary N) is 1. The first-order valence-electron chi connectivity index (χ1n) is 8.13. The summed E-state index contributed by atoms with van der Waals surface area (Å²) in [5.74, 6) is 1.72. The molecule has 1 saturated carbocycles. The Morgan fingerprint density at radius 2 is 2.00 bits per heavy atom.